The van der Waals surface area contributed by atoms with Crippen LogP contribution in [-0.4, -0.2) is 43.6 Å². The smallest absolute Gasteiger partial charge is 0.183 e. The van der Waals surface area contributed by atoms with Gasteiger partial charge >= 0.3 is 0 Å². The Bertz CT molecular complexity index is 946. The van der Waals surface area contributed by atoms with Gasteiger partial charge in [-0.2, -0.15) is 0 Å². The van der Waals surface area contributed by atoms with Gasteiger partial charge in [0.15, 0.2) is 23.1 Å². The molecule has 0 aromatic rings. The first-order chi connectivity index (χ1) is 14.2. The van der Waals surface area contributed by atoms with Crippen molar-refractivity contribution in [3.05, 3.63) is 45.3 Å². The molecule has 0 aliphatic heterocycles. The number of Topliss-reactive ketones (excluding diaryl/α,β-unsaturated/α-hetero) is 4. The number of carbonyl (C=O) groups excluding carboxylic acids is 4. The Morgan fingerprint density at radius 3 is 1.23 bits per heavy atom. The van der Waals surface area contributed by atoms with Crippen molar-refractivity contribution in [3.8, 4) is 0 Å². The second-order valence-electron chi connectivity index (χ2n) is 8.74. The number of hydrogen-bond acceptors (Lipinski definition) is 8. The van der Waals surface area contributed by atoms with Gasteiger partial charge in [0.25, 0.3) is 0 Å². The van der Waals surface area contributed by atoms with Gasteiger partial charge in [0.05, 0.1) is 10.8 Å². The van der Waals surface area contributed by atoms with Gasteiger partial charge in [0.1, 0.15) is 34.2 Å². The van der Waals surface area contributed by atoms with E-state index >= 15 is 0 Å². The number of ketones is 4. The summed E-state index contributed by atoms with van der Waals surface area (Å²) in [7, 11) is 0. The first kappa shape index (κ1) is 24.1. The van der Waals surface area contributed by atoms with Crippen LogP contribution < -0.4 is 0 Å². The third-order valence-electron chi connectivity index (χ3n) is 5.94. The molecular formula is C23H28O8. The fourth-order valence-electron chi connectivity index (χ4n) is 3.72. The van der Waals surface area contributed by atoms with Crippen molar-refractivity contribution in [2.45, 2.75) is 60.8 Å². The number of aliphatic hydroxyl groups excluding tert-OH is 4. The van der Waals surface area contributed by atoms with Crippen molar-refractivity contribution in [1.29, 1.82) is 0 Å². The van der Waals surface area contributed by atoms with Crippen molar-refractivity contribution in [2.75, 3.05) is 0 Å². The number of allylic oxidation sites excluding steroid dienone is 6. The summed E-state index contributed by atoms with van der Waals surface area (Å²) >= 11 is 0. The Morgan fingerprint density at radius 2 is 0.968 bits per heavy atom. The number of hydrogen-bond donors (Lipinski definition) is 4. The minimum atomic E-state index is -1.54. The van der Waals surface area contributed by atoms with Crippen LogP contribution in [-0.2, 0) is 19.2 Å². The Hall–Kier alpha value is -3.16. The molecule has 2 aliphatic carbocycles. The predicted octanol–water partition coefficient (Wildman–Crippen LogP) is 3.80. The summed E-state index contributed by atoms with van der Waals surface area (Å²) in [5.41, 5.74) is -4.52. The van der Waals surface area contributed by atoms with Crippen LogP contribution in [0.15, 0.2) is 45.3 Å². The molecule has 0 bridgehead atoms. The van der Waals surface area contributed by atoms with Crippen LogP contribution in [0.3, 0.4) is 0 Å². The predicted molar refractivity (Wildman–Crippen MR) is 111 cm³/mol. The highest BCUT2D eigenvalue weighted by molar-refractivity contribution is 6.25. The molecule has 0 aromatic heterocycles. The summed E-state index contributed by atoms with van der Waals surface area (Å²) in [5.74, 6) is -5.32. The minimum Gasteiger partial charge on any atom is -0.511 e. The molecule has 0 unspecified atom stereocenters. The van der Waals surface area contributed by atoms with Gasteiger partial charge in [-0.3, -0.25) is 19.2 Å². The van der Waals surface area contributed by atoms with E-state index < -0.39 is 74.6 Å². The zero-order valence-corrected chi connectivity index (χ0v) is 18.5. The molecule has 0 radical (unpaired) electrons. The summed E-state index contributed by atoms with van der Waals surface area (Å²) < 4.78 is 0. The Labute approximate surface area is 180 Å². The second-order valence-corrected chi connectivity index (χ2v) is 8.74. The molecule has 0 spiro atoms. The average molecular weight is 432 g/mol. The van der Waals surface area contributed by atoms with Crippen LogP contribution in [0.2, 0.25) is 0 Å². The van der Waals surface area contributed by atoms with Gasteiger partial charge < -0.3 is 20.4 Å². The van der Waals surface area contributed by atoms with Crippen molar-refractivity contribution in [3.63, 3.8) is 0 Å². The molecule has 8 nitrogen and oxygen atoms in total. The van der Waals surface area contributed by atoms with Gasteiger partial charge in [-0.05, 0) is 27.7 Å². The maximum atomic E-state index is 12.7. The highest BCUT2D eigenvalue weighted by Crippen LogP contribution is 2.45. The Morgan fingerprint density at radius 1 is 0.677 bits per heavy atom. The monoisotopic (exact) mass is 432 g/mol. The van der Waals surface area contributed by atoms with Crippen LogP contribution in [0, 0.1) is 10.8 Å². The molecule has 0 atom stereocenters. The maximum Gasteiger partial charge on any atom is 0.183 e. The fourth-order valence-corrected chi connectivity index (χ4v) is 3.72. The van der Waals surface area contributed by atoms with E-state index in [1.165, 1.54) is 41.5 Å². The molecule has 0 saturated heterocycles. The van der Waals surface area contributed by atoms with Gasteiger partial charge in [-0.25, -0.2) is 0 Å². The minimum absolute atomic E-state index is 0.0644. The molecule has 0 saturated carbocycles. The Kier molecular flexibility index (Phi) is 6.09. The van der Waals surface area contributed by atoms with E-state index in [9.17, 15) is 39.6 Å². The lowest BCUT2D eigenvalue weighted by atomic mass is 9.70. The van der Waals surface area contributed by atoms with Gasteiger partial charge in [-0.15, -0.1) is 0 Å². The van der Waals surface area contributed by atoms with Gasteiger partial charge in [0.2, 0.25) is 0 Å². The summed E-state index contributed by atoms with van der Waals surface area (Å²) in [6.07, 6.45) is -0.639. The maximum absolute atomic E-state index is 12.7. The quantitative estimate of drug-likeness (QED) is 0.463. The summed E-state index contributed by atoms with van der Waals surface area (Å²) in [6, 6.07) is 0. The van der Waals surface area contributed by atoms with E-state index in [-0.39, 0.29) is 24.0 Å². The molecule has 4 N–H and O–H groups in total. The average Bonchev–Trinajstić information content (AvgIpc) is 2.71. The van der Waals surface area contributed by atoms with Crippen LogP contribution in [0.1, 0.15) is 60.8 Å². The molecular weight excluding hydrogens is 404 g/mol. The van der Waals surface area contributed by atoms with E-state index in [0.29, 0.717) is 0 Å². The molecule has 0 aromatic carbocycles. The number of aliphatic hydroxyl groups is 4. The molecule has 31 heavy (non-hydrogen) atoms. The van der Waals surface area contributed by atoms with Crippen LogP contribution in [0.25, 0.3) is 0 Å². The largest absolute Gasteiger partial charge is 0.511 e. The van der Waals surface area contributed by atoms with Crippen LogP contribution in [0.5, 0.6) is 0 Å². The zero-order valence-electron chi connectivity index (χ0n) is 18.5. The van der Waals surface area contributed by atoms with Crippen molar-refractivity contribution in [1.82, 2.24) is 0 Å². The molecule has 2 rings (SSSR count). The summed E-state index contributed by atoms with van der Waals surface area (Å²) in [5, 5.41) is 42.9. The number of rotatable bonds is 6. The highest BCUT2D eigenvalue weighted by Gasteiger charge is 2.48. The number of carbonyl (C=O) groups is 4. The van der Waals surface area contributed by atoms with Gasteiger partial charge in [-0.1, -0.05) is 13.8 Å². The first-order valence-electron chi connectivity index (χ1n) is 10.0. The molecule has 2 aliphatic rings. The third-order valence-corrected chi connectivity index (χ3v) is 5.94. The van der Waals surface area contributed by atoms with E-state index in [4.69, 9.17) is 0 Å². The SMILES string of the molecule is CCC(=O)C1=C(O)C(CC2=C(O)C(C)(C)C(=O)C(C(=O)CC)=C2O)=C(O)C(C)(C)C1=O. The van der Waals surface area contributed by atoms with E-state index in [1.807, 2.05) is 0 Å². The molecule has 0 amide bonds. The zero-order chi connectivity index (χ0) is 24.0. The molecule has 0 fully saturated rings. The third kappa shape index (κ3) is 3.49. The van der Waals surface area contributed by atoms with E-state index in [1.54, 1.807) is 0 Å². The van der Waals surface area contributed by atoms with Crippen LogP contribution in [0.4, 0.5) is 0 Å². The summed E-state index contributed by atoms with van der Waals surface area (Å²) in [6.45, 7) is 8.55. The first-order valence-corrected chi connectivity index (χ1v) is 10.0. The van der Waals surface area contributed by atoms with Gasteiger partial charge in [0, 0.05) is 30.4 Å². The van der Waals surface area contributed by atoms with Crippen molar-refractivity contribution in [2.24, 2.45) is 10.8 Å². The Balaban J connectivity index is 2.79. The van der Waals surface area contributed by atoms with Crippen molar-refractivity contribution >= 4 is 23.1 Å². The summed E-state index contributed by atoms with van der Waals surface area (Å²) in [4.78, 5) is 50.1. The van der Waals surface area contributed by atoms with Crippen molar-refractivity contribution < 1.29 is 39.6 Å². The lowest BCUT2D eigenvalue weighted by molar-refractivity contribution is -0.128. The van der Waals surface area contributed by atoms with Crippen LogP contribution >= 0.6 is 0 Å². The molecule has 8 heteroatoms. The lowest BCUT2D eigenvalue weighted by Crippen LogP contribution is -2.38. The second kappa shape index (κ2) is 7.83. The highest BCUT2D eigenvalue weighted by atomic mass is 16.3. The topological polar surface area (TPSA) is 149 Å². The molecule has 168 valence electrons. The standard InChI is InChI=1S/C23H28O8/c1-7-12(24)14-16(26)10(18(28)22(3,4)20(14)30)9-11-17(27)15(13(25)8-2)21(31)23(5,6)19(11)29/h26-29H,7-9H2,1-6H3. The van der Waals surface area contributed by atoms with E-state index in [0.717, 1.165) is 0 Å². The normalized spacial score (nSPS) is 21.2. The molecule has 0 heterocycles. The fraction of sp³-hybridized carbons (Fsp3) is 0.478. The lowest BCUT2D eigenvalue weighted by Gasteiger charge is -2.33. The van der Waals surface area contributed by atoms with E-state index in [2.05, 4.69) is 0 Å².